The number of methoxy groups -OCH3 is 1. The van der Waals surface area contributed by atoms with Gasteiger partial charge in [0.05, 0.1) is 18.9 Å². The molecule has 0 amide bonds. The summed E-state index contributed by atoms with van der Waals surface area (Å²) in [5.74, 6) is -0.227. The van der Waals surface area contributed by atoms with Gasteiger partial charge in [-0.25, -0.2) is 9.97 Å². The molecule has 1 aromatic carbocycles. The summed E-state index contributed by atoms with van der Waals surface area (Å²) in [4.78, 5) is 11.1. The molecule has 5 nitrogen and oxygen atoms in total. The summed E-state index contributed by atoms with van der Waals surface area (Å²) in [7, 11) is 1.50. The van der Waals surface area contributed by atoms with Gasteiger partial charge in [0.1, 0.15) is 23.8 Å². The Bertz CT molecular complexity index is 1110. The number of nitrogens with zero attached hydrogens (tertiary/aromatic N) is 3. The number of allylic oxidation sites excluding steroid dienone is 1. The molecule has 4 rings (SSSR count). The van der Waals surface area contributed by atoms with E-state index >= 15 is 0 Å². The summed E-state index contributed by atoms with van der Waals surface area (Å²) >= 11 is 0. The van der Waals surface area contributed by atoms with Crippen LogP contribution < -0.4 is 4.74 Å². The summed E-state index contributed by atoms with van der Waals surface area (Å²) in [6.45, 7) is 0. The van der Waals surface area contributed by atoms with Crippen LogP contribution in [0.15, 0.2) is 36.7 Å². The Balaban J connectivity index is 1.87. The Labute approximate surface area is 152 Å². The maximum absolute atomic E-state index is 13.0. The molecule has 0 fully saturated rings. The van der Waals surface area contributed by atoms with Gasteiger partial charge in [0.15, 0.2) is 5.69 Å². The monoisotopic (exact) mass is 370 g/mol. The van der Waals surface area contributed by atoms with Crippen molar-refractivity contribution in [3.8, 4) is 11.8 Å². The van der Waals surface area contributed by atoms with Crippen LogP contribution in [-0.4, -0.2) is 28.2 Å². The summed E-state index contributed by atoms with van der Waals surface area (Å²) in [5.41, 5.74) is 3.14. The Hall–Kier alpha value is -3.34. The zero-order valence-corrected chi connectivity index (χ0v) is 14.1. The highest BCUT2D eigenvalue weighted by atomic mass is 19.4. The second-order valence-electron chi connectivity index (χ2n) is 6.24. The standard InChI is InChI=1S/C19H13F3N4O/c1-27-11-2-3-12-10(7-19(20,21)22)4-14(13(12)5-11)16-6-15-17(8-23)24-9-25-18(15)26-16/h2-6,9-10H,7H2,1H3,(H,24,25,26). The molecule has 1 unspecified atom stereocenters. The molecule has 1 aliphatic carbocycles. The van der Waals surface area contributed by atoms with E-state index in [1.54, 1.807) is 30.3 Å². The van der Waals surface area contributed by atoms with Crippen molar-refractivity contribution in [3.63, 3.8) is 0 Å². The Morgan fingerprint density at radius 2 is 2.07 bits per heavy atom. The fourth-order valence-corrected chi connectivity index (χ4v) is 3.43. The van der Waals surface area contributed by atoms with Crippen LogP contribution in [0.1, 0.15) is 34.9 Å². The predicted octanol–water partition coefficient (Wildman–Crippen LogP) is 4.32. The Morgan fingerprint density at radius 1 is 1.26 bits per heavy atom. The highest BCUT2D eigenvalue weighted by Gasteiger charge is 2.36. The lowest BCUT2D eigenvalue weighted by molar-refractivity contribution is -0.136. The summed E-state index contributed by atoms with van der Waals surface area (Å²) in [5, 5.41) is 9.72. The minimum Gasteiger partial charge on any atom is -0.497 e. The minimum absolute atomic E-state index is 0.207. The molecular formula is C19H13F3N4O. The van der Waals surface area contributed by atoms with Crippen LogP contribution in [0, 0.1) is 11.3 Å². The van der Waals surface area contributed by atoms with E-state index in [9.17, 15) is 18.4 Å². The molecule has 0 spiro atoms. The largest absolute Gasteiger partial charge is 0.497 e. The van der Waals surface area contributed by atoms with Gasteiger partial charge < -0.3 is 9.72 Å². The first kappa shape index (κ1) is 17.1. The molecule has 1 aliphatic rings. The molecule has 2 heterocycles. The average molecular weight is 370 g/mol. The van der Waals surface area contributed by atoms with Crippen LogP contribution in [0.4, 0.5) is 13.2 Å². The van der Waals surface area contributed by atoms with Gasteiger partial charge in [0.25, 0.3) is 0 Å². The zero-order chi connectivity index (χ0) is 19.2. The van der Waals surface area contributed by atoms with E-state index in [0.717, 1.165) is 0 Å². The number of nitrogens with one attached hydrogen (secondary N) is 1. The number of aromatic nitrogens is 3. The van der Waals surface area contributed by atoms with Gasteiger partial charge in [-0.3, -0.25) is 0 Å². The number of fused-ring (bicyclic) bond motifs is 2. The zero-order valence-electron chi connectivity index (χ0n) is 14.1. The number of H-pyrrole nitrogens is 1. The molecule has 0 saturated heterocycles. The normalized spacial score (nSPS) is 16.1. The molecule has 0 radical (unpaired) electrons. The first-order valence-electron chi connectivity index (χ1n) is 8.10. The third-order valence-electron chi connectivity index (χ3n) is 4.59. The first-order chi connectivity index (χ1) is 12.9. The van der Waals surface area contributed by atoms with Crippen LogP contribution in [0.5, 0.6) is 5.75 Å². The van der Waals surface area contributed by atoms with Crippen LogP contribution in [0.3, 0.4) is 0 Å². The quantitative estimate of drug-likeness (QED) is 0.745. The molecule has 136 valence electrons. The van der Waals surface area contributed by atoms with E-state index in [2.05, 4.69) is 15.0 Å². The molecule has 3 aromatic rings. The highest BCUT2D eigenvalue weighted by molar-refractivity contribution is 5.91. The van der Waals surface area contributed by atoms with Gasteiger partial charge in [-0.2, -0.15) is 18.4 Å². The molecule has 2 aromatic heterocycles. The minimum atomic E-state index is -4.28. The lowest BCUT2D eigenvalue weighted by atomic mass is 9.96. The summed E-state index contributed by atoms with van der Waals surface area (Å²) in [6.07, 6.45) is -2.36. The highest BCUT2D eigenvalue weighted by Crippen LogP contribution is 2.45. The van der Waals surface area contributed by atoms with Gasteiger partial charge in [0.2, 0.25) is 0 Å². The van der Waals surface area contributed by atoms with E-state index in [-0.39, 0.29) is 5.69 Å². The molecule has 0 saturated carbocycles. The summed E-state index contributed by atoms with van der Waals surface area (Å²) in [6, 6.07) is 8.73. The van der Waals surface area contributed by atoms with Crippen molar-refractivity contribution < 1.29 is 17.9 Å². The predicted molar refractivity (Wildman–Crippen MR) is 92.1 cm³/mol. The maximum atomic E-state index is 13.0. The van der Waals surface area contributed by atoms with Crippen LogP contribution in [0.2, 0.25) is 0 Å². The second kappa shape index (κ2) is 6.13. The van der Waals surface area contributed by atoms with E-state index in [4.69, 9.17) is 4.74 Å². The van der Waals surface area contributed by atoms with Gasteiger partial charge in [-0.1, -0.05) is 12.1 Å². The molecule has 1 atom stereocenters. The van der Waals surface area contributed by atoms with Gasteiger partial charge in [-0.15, -0.1) is 0 Å². The molecule has 8 heteroatoms. The van der Waals surface area contributed by atoms with Crippen molar-refractivity contribution in [2.24, 2.45) is 0 Å². The topological polar surface area (TPSA) is 74.6 Å². The average Bonchev–Trinajstić information content (AvgIpc) is 3.21. The Morgan fingerprint density at radius 3 is 2.78 bits per heavy atom. The number of benzene rings is 1. The lowest BCUT2D eigenvalue weighted by Gasteiger charge is -2.14. The van der Waals surface area contributed by atoms with Crippen LogP contribution in [-0.2, 0) is 0 Å². The molecule has 0 bridgehead atoms. The number of hydrogen-bond donors (Lipinski definition) is 1. The number of halogens is 3. The fraction of sp³-hybridized carbons (Fsp3) is 0.211. The SMILES string of the molecule is COc1ccc2c(c1)C(c1cc3c(C#N)ncnc3[nH]1)=CC2CC(F)(F)F. The number of alkyl halides is 3. The number of rotatable bonds is 3. The number of ether oxygens (including phenoxy) is 1. The van der Waals surface area contributed by atoms with Gasteiger partial charge >= 0.3 is 6.18 Å². The van der Waals surface area contributed by atoms with Gasteiger partial charge in [0, 0.05) is 17.2 Å². The molecule has 27 heavy (non-hydrogen) atoms. The van der Waals surface area contributed by atoms with Crippen LogP contribution in [0.25, 0.3) is 16.6 Å². The van der Waals surface area contributed by atoms with Gasteiger partial charge in [-0.05, 0) is 29.3 Å². The van der Waals surface area contributed by atoms with E-state index in [1.807, 2.05) is 6.07 Å². The third-order valence-corrected chi connectivity index (χ3v) is 4.59. The molecule has 0 aliphatic heterocycles. The summed E-state index contributed by atoms with van der Waals surface area (Å²) < 4.78 is 44.3. The lowest BCUT2D eigenvalue weighted by Crippen LogP contribution is -2.11. The van der Waals surface area contributed by atoms with Crippen molar-refractivity contribution in [1.82, 2.24) is 15.0 Å². The van der Waals surface area contributed by atoms with Crippen molar-refractivity contribution >= 4 is 16.6 Å². The Kier molecular flexibility index (Phi) is 3.88. The molecule has 1 N–H and O–H groups in total. The second-order valence-corrected chi connectivity index (χ2v) is 6.24. The van der Waals surface area contributed by atoms with E-state index < -0.39 is 18.5 Å². The smallest absolute Gasteiger partial charge is 0.390 e. The molecular weight excluding hydrogens is 357 g/mol. The third kappa shape index (κ3) is 3.01. The maximum Gasteiger partial charge on any atom is 0.390 e. The van der Waals surface area contributed by atoms with E-state index in [1.165, 1.54) is 13.4 Å². The van der Waals surface area contributed by atoms with Crippen LogP contribution >= 0.6 is 0 Å². The number of aromatic amines is 1. The number of nitriles is 1. The number of hydrogen-bond acceptors (Lipinski definition) is 4. The van der Waals surface area contributed by atoms with Crippen molar-refractivity contribution in [3.05, 3.63) is 59.2 Å². The van der Waals surface area contributed by atoms with Crippen molar-refractivity contribution in [1.29, 1.82) is 5.26 Å². The van der Waals surface area contributed by atoms with Crippen molar-refractivity contribution in [2.45, 2.75) is 18.5 Å². The first-order valence-corrected chi connectivity index (χ1v) is 8.10. The van der Waals surface area contributed by atoms with E-state index in [0.29, 0.717) is 39.2 Å². The fourth-order valence-electron chi connectivity index (χ4n) is 3.43. The van der Waals surface area contributed by atoms with Crippen molar-refractivity contribution in [2.75, 3.05) is 7.11 Å².